The van der Waals surface area contributed by atoms with Crippen LogP contribution in [0.1, 0.15) is 22.8 Å². The Balaban J connectivity index is 2.01. The van der Waals surface area contributed by atoms with Crippen molar-refractivity contribution >= 4 is 11.3 Å². The zero-order valence-electron chi connectivity index (χ0n) is 9.47. The molecule has 2 rings (SSSR count). The molecule has 2 N–H and O–H groups in total. The summed E-state index contributed by atoms with van der Waals surface area (Å²) in [6.07, 6.45) is -2.58. The van der Waals surface area contributed by atoms with Crippen LogP contribution in [0.15, 0.2) is 16.6 Å². The largest absolute Gasteiger partial charge is 0.390 e. The van der Waals surface area contributed by atoms with Crippen LogP contribution in [-0.4, -0.2) is 36.1 Å². The molecule has 7 nitrogen and oxygen atoms in total. The van der Waals surface area contributed by atoms with Crippen molar-refractivity contribution in [2.75, 3.05) is 19.8 Å². The molecule has 1 aliphatic rings. The van der Waals surface area contributed by atoms with E-state index in [0.29, 0.717) is 18.8 Å². The molecule has 98 valence electrons. The molecular weight excluding hydrogens is 258 g/mol. The summed E-state index contributed by atoms with van der Waals surface area (Å²) in [6, 6.07) is 1.73. The summed E-state index contributed by atoms with van der Waals surface area (Å²) in [7, 11) is 0. The standard InChI is InChI=1S/C10H13N3O4S/c11-13-12-4-7(14)9(15)6-3-8(18-5-6)10-16-1-2-17-10/h3,5,7,9-10,14-15H,1-2,4H2. The maximum Gasteiger partial charge on any atom is 0.193 e. The summed E-state index contributed by atoms with van der Waals surface area (Å²) in [5.41, 5.74) is 8.71. The Kier molecular flexibility index (Phi) is 4.54. The second kappa shape index (κ2) is 6.14. The first-order chi connectivity index (χ1) is 8.72. The molecule has 1 aliphatic heterocycles. The number of rotatable bonds is 5. The molecule has 0 bridgehead atoms. The molecule has 8 heteroatoms. The van der Waals surface area contributed by atoms with Gasteiger partial charge in [-0.1, -0.05) is 5.11 Å². The van der Waals surface area contributed by atoms with Crippen molar-refractivity contribution < 1.29 is 19.7 Å². The van der Waals surface area contributed by atoms with Gasteiger partial charge in [0.2, 0.25) is 0 Å². The minimum absolute atomic E-state index is 0.167. The lowest BCUT2D eigenvalue weighted by Crippen LogP contribution is -2.20. The highest BCUT2D eigenvalue weighted by atomic mass is 32.1. The average molecular weight is 271 g/mol. The minimum Gasteiger partial charge on any atom is -0.390 e. The Morgan fingerprint density at radius 1 is 1.50 bits per heavy atom. The zero-order chi connectivity index (χ0) is 13.0. The molecule has 0 saturated carbocycles. The highest BCUT2D eigenvalue weighted by Gasteiger charge is 2.24. The van der Waals surface area contributed by atoms with Crippen LogP contribution in [0, 0.1) is 0 Å². The Morgan fingerprint density at radius 2 is 2.22 bits per heavy atom. The second-order valence-corrected chi connectivity index (χ2v) is 4.72. The van der Waals surface area contributed by atoms with Gasteiger partial charge in [-0.3, -0.25) is 0 Å². The van der Waals surface area contributed by atoms with Crippen LogP contribution in [-0.2, 0) is 9.47 Å². The van der Waals surface area contributed by atoms with Gasteiger partial charge in [0.05, 0.1) is 30.7 Å². The molecule has 0 aliphatic carbocycles. The van der Waals surface area contributed by atoms with Crippen LogP contribution in [0.4, 0.5) is 0 Å². The fourth-order valence-electron chi connectivity index (χ4n) is 1.61. The first kappa shape index (κ1) is 13.3. The van der Waals surface area contributed by atoms with Gasteiger partial charge in [-0.25, -0.2) is 0 Å². The third-order valence-corrected chi connectivity index (χ3v) is 3.50. The average Bonchev–Trinajstić information content (AvgIpc) is 3.04. The summed E-state index contributed by atoms with van der Waals surface area (Å²) in [6.45, 7) is 0.944. The number of nitrogens with zero attached hydrogens (tertiary/aromatic N) is 3. The van der Waals surface area contributed by atoms with Crippen molar-refractivity contribution in [1.29, 1.82) is 0 Å². The Morgan fingerprint density at radius 3 is 2.89 bits per heavy atom. The Bertz CT molecular complexity index is 440. The van der Waals surface area contributed by atoms with E-state index >= 15 is 0 Å². The summed E-state index contributed by atoms with van der Waals surface area (Å²) in [4.78, 5) is 3.38. The van der Waals surface area contributed by atoms with Crippen LogP contribution < -0.4 is 0 Å². The van der Waals surface area contributed by atoms with E-state index in [0.717, 1.165) is 4.88 Å². The molecule has 2 atom stereocenters. The van der Waals surface area contributed by atoms with Gasteiger partial charge < -0.3 is 19.7 Å². The molecular formula is C10H13N3O4S. The third-order valence-electron chi connectivity index (χ3n) is 2.53. The number of azide groups is 1. The lowest BCUT2D eigenvalue weighted by molar-refractivity contribution is -0.0415. The molecule has 1 aromatic rings. The molecule has 1 fully saturated rings. The van der Waals surface area contributed by atoms with Gasteiger partial charge in [0.1, 0.15) is 6.10 Å². The monoisotopic (exact) mass is 271 g/mol. The van der Waals surface area contributed by atoms with E-state index in [4.69, 9.17) is 15.0 Å². The van der Waals surface area contributed by atoms with Crippen LogP contribution in [0.2, 0.25) is 0 Å². The van der Waals surface area contributed by atoms with Crippen LogP contribution in [0.25, 0.3) is 10.4 Å². The zero-order valence-corrected chi connectivity index (χ0v) is 10.3. The summed E-state index contributed by atoms with van der Waals surface area (Å²) in [5, 5.41) is 24.4. The Hall–Kier alpha value is -1.15. The summed E-state index contributed by atoms with van der Waals surface area (Å²) >= 11 is 1.39. The maximum atomic E-state index is 9.86. The molecule has 2 unspecified atom stereocenters. The number of hydrogen-bond donors (Lipinski definition) is 2. The number of aliphatic hydroxyl groups is 2. The number of thiophene rings is 1. The lowest BCUT2D eigenvalue weighted by Gasteiger charge is -2.14. The van der Waals surface area contributed by atoms with Crippen molar-refractivity contribution in [3.8, 4) is 0 Å². The predicted octanol–water partition coefficient (Wildman–Crippen LogP) is 1.50. The van der Waals surface area contributed by atoms with E-state index in [-0.39, 0.29) is 12.8 Å². The topological polar surface area (TPSA) is 108 Å². The van der Waals surface area contributed by atoms with Gasteiger partial charge in [0, 0.05) is 4.91 Å². The molecule has 0 radical (unpaired) electrons. The summed E-state index contributed by atoms with van der Waals surface area (Å²) in [5.74, 6) is 0. The van der Waals surface area contributed by atoms with Gasteiger partial charge in [-0.05, 0) is 22.5 Å². The lowest BCUT2D eigenvalue weighted by atomic mass is 10.1. The van der Waals surface area contributed by atoms with Gasteiger partial charge in [-0.15, -0.1) is 11.3 Å². The molecule has 18 heavy (non-hydrogen) atoms. The van der Waals surface area contributed by atoms with Gasteiger partial charge in [0.15, 0.2) is 6.29 Å². The van der Waals surface area contributed by atoms with Crippen molar-refractivity contribution in [3.05, 3.63) is 32.3 Å². The van der Waals surface area contributed by atoms with Crippen LogP contribution in [0.5, 0.6) is 0 Å². The van der Waals surface area contributed by atoms with E-state index in [2.05, 4.69) is 10.0 Å². The van der Waals surface area contributed by atoms with Crippen molar-refractivity contribution in [2.24, 2.45) is 5.11 Å². The minimum atomic E-state index is -1.12. The SMILES string of the molecule is [N-]=[N+]=NCC(O)C(O)c1csc(C2OCCO2)c1. The first-order valence-corrected chi connectivity index (χ1v) is 6.29. The van der Waals surface area contributed by atoms with E-state index < -0.39 is 12.2 Å². The highest BCUT2D eigenvalue weighted by molar-refractivity contribution is 7.10. The fourth-order valence-corrected chi connectivity index (χ4v) is 2.54. The molecule has 1 aromatic heterocycles. The molecule has 1 saturated heterocycles. The molecule has 2 heterocycles. The summed E-state index contributed by atoms with van der Waals surface area (Å²) < 4.78 is 10.7. The van der Waals surface area contributed by atoms with E-state index in [1.165, 1.54) is 11.3 Å². The van der Waals surface area contributed by atoms with Crippen molar-refractivity contribution in [2.45, 2.75) is 18.5 Å². The van der Waals surface area contributed by atoms with Crippen molar-refractivity contribution in [1.82, 2.24) is 0 Å². The normalized spacial score (nSPS) is 19.4. The predicted molar refractivity (Wildman–Crippen MR) is 63.9 cm³/mol. The smallest absolute Gasteiger partial charge is 0.193 e. The number of aliphatic hydroxyl groups excluding tert-OH is 2. The number of hydrogen-bond acceptors (Lipinski definition) is 6. The van der Waals surface area contributed by atoms with Gasteiger partial charge >= 0.3 is 0 Å². The van der Waals surface area contributed by atoms with Crippen molar-refractivity contribution in [3.63, 3.8) is 0 Å². The molecule has 0 spiro atoms. The molecule has 0 amide bonds. The van der Waals surface area contributed by atoms with E-state index in [1.807, 2.05) is 0 Å². The Labute approximate surface area is 107 Å². The van der Waals surface area contributed by atoms with E-state index in [9.17, 15) is 10.2 Å². The highest BCUT2D eigenvalue weighted by Crippen LogP contribution is 2.31. The van der Waals surface area contributed by atoms with Gasteiger partial charge in [0.25, 0.3) is 0 Å². The second-order valence-electron chi connectivity index (χ2n) is 3.78. The maximum absolute atomic E-state index is 9.86. The quantitative estimate of drug-likeness (QED) is 0.480. The van der Waals surface area contributed by atoms with Crippen LogP contribution in [0.3, 0.4) is 0 Å². The van der Waals surface area contributed by atoms with Crippen LogP contribution >= 0.6 is 11.3 Å². The van der Waals surface area contributed by atoms with Gasteiger partial charge in [-0.2, -0.15) is 0 Å². The number of ether oxygens (including phenoxy) is 2. The molecule has 0 aromatic carbocycles. The van der Waals surface area contributed by atoms with E-state index in [1.54, 1.807) is 11.4 Å². The fraction of sp³-hybridized carbons (Fsp3) is 0.600. The first-order valence-electron chi connectivity index (χ1n) is 5.41. The third kappa shape index (κ3) is 2.99.